The summed E-state index contributed by atoms with van der Waals surface area (Å²) in [6.45, 7) is 3.70. The maximum Gasteiger partial charge on any atom is 0.421 e. The van der Waals surface area contributed by atoms with E-state index in [1.165, 1.54) is 5.56 Å². The summed E-state index contributed by atoms with van der Waals surface area (Å²) in [5.74, 6) is 0.582. The minimum absolute atomic E-state index is 0.339. The predicted molar refractivity (Wildman–Crippen MR) is 83.0 cm³/mol. The Labute approximate surface area is 131 Å². The van der Waals surface area contributed by atoms with E-state index in [-0.39, 0.29) is 6.09 Å². The van der Waals surface area contributed by atoms with Gasteiger partial charge in [0.1, 0.15) is 0 Å². The van der Waals surface area contributed by atoms with Crippen LogP contribution in [0.1, 0.15) is 31.7 Å². The van der Waals surface area contributed by atoms with Crippen LogP contribution in [0, 0.1) is 5.92 Å². The molecule has 1 unspecified atom stereocenters. The Morgan fingerprint density at radius 2 is 2.09 bits per heavy atom. The molecule has 1 aliphatic carbocycles. The third-order valence-corrected chi connectivity index (χ3v) is 4.48. The van der Waals surface area contributed by atoms with Crippen LogP contribution >= 0.6 is 0 Å². The molecule has 0 aromatic heterocycles. The molecule has 1 saturated heterocycles. The van der Waals surface area contributed by atoms with Gasteiger partial charge in [-0.05, 0) is 37.7 Å². The highest BCUT2D eigenvalue weighted by atomic mass is 16.6. The lowest BCUT2D eigenvalue weighted by molar-refractivity contribution is 0.0767. The number of fused-ring (bicyclic) bond motifs is 1. The normalized spacial score (nSPS) is 29.5. The SMILES string of the molecule is CCOC(=O)NN1[C@@H]2C[C@@H](COCc3ccccc3)CC[C@@H]21. The van der Waals surface area contributed by atoms with Gasteiger partial charge in [-0.2, -0.15) is 0 Å². The second-order valence-electron chi connectivity index (χ2n) is 6.05. The van der Waals surface area contributed by atoms with Gasteiger partial charge in [0.25, 0.3) is 0 Å². The fourth-order valence-electron chi connectivity index (χ4n) is 3.31. The topological polar surface area (TPSA) is 50.6 Å². The van der Waals surface area contributed by atoms with Crippen LogP contribution in [0.25, 0.3) is 0 Å². The summed E-state index contributed by atoms with van der Waals surface area (Å²) in [5.41, 5.74) is 4.05. The van der Waals surface area contributed by atoms with E-state index in [4.69, 9.17) is 9.47 Å². The van der Waals surface area contributed by atoms with Crippen LogP contribution in [0.4, 0.5) is 4.79 Å². The first-order chi connectivity index (χ1) is 10.8. The van der Waals surface area contributed by atoms with Crippen molar-refractivity contribution in [3.05, 3.63) is 35.9 Å². The van der Waals surface area contributed by atoms with Gasteiger partial charge in [0.15, 0.2) is 0 Å². The highest BCUT2D eigenvalue weighted by molar-refractivity contribution is 5.67. The van der Waals surface area contributed by atoms with Crippen molar-refractivity contribution in [3.8, 4) is 0 Å². The largest absolute Gasteiger partial charge is 0.449 e. The summed E-state index contributed by atoms with van der Waals surface area (Å²) < 4.78 is 10.8. The number of carbonyl (C=O) groups excluding carboxylic acids is 1. The van der Waals surface area contributed by atoms with Crippen molar-refractivity contribution in [2.75, 3.05) is 13.2 Å². The molecule has 0 spiro atoms. The Bertz CT molecular complexity index is 494. The number of rotatable bonds is 6. The molecule has 5 heteroatoms. The van der Waals surface area contributed by atoms with Gasteiger partial charge in [0, 0.05) is 18.7 Å². The average molecular weight is 304 g/mol. The number of ether oxygens (including phenoxy) is 2. The lowest BCUT2D eigenvalue weighted by Gasteiger charge is -2.19. The van der Waals surface area contributed by atoms with E-state index in [0.29, 0.717) is 31.2 Å². The van der Waals surface area contributed by atoms with Crippen molar-refractivity contribution in [2.45, 2.75) is 44.9 Å². The van der Waals surface area contributed by atoms with Crippen molar-refractivity contribution in [3.63, 3.8) is 0 Å². The second-order valence-corrected chi connectivity index (χ2v) is 6.05. The van der Waals surface area contributed by atoms with Crippen molar-refractivity contribution < 1.29 is 14.3 Å². The molecule has 1 amide bonds. The molecule has 4 atom stereocenters. The summed E-state index contributed by atoms with van der Waals surface area (Å²) in [7, 11) is 0. The van der Waals surface area contributed by atoms with Crippen molar-refractivity contribution >= 4 is 6.09 Å². The molecule has 3 rings (SSSR count). The van der Waals surface area contributed by atoms with E-state index >= 15 is 0 Å². The molecular weight excluding hydrogens is 280 g/mol. The zero-order valence-electron chi connectivity index (χ0n) is 13.0. The van der Waals surface area contributed by atoms with Gasteiger partial charge >= 0.3 is 6.09 Å². The molecule has 2 fully saturated rings. The van der Waals surface area contributed by atoms with Crippen molar-refractivity contribution in [2.24, 2.45) is 5.92 Å². The zero-order valence-corrected chi connectivity index (χ0v) is 13.0. The van der Waals surface area contributed by atoms with Crippen LogP contribution in [-0.2, 0) is 16.1 Å². The molecule has 1 aliphatic heterocycles. The van der Waals surface area contributed by atoms with Crippen LogP contribution in [0.2, 0.25) is 0 Å². The number of amides is 1. The predicted octanol–water partition coefficient (Wildman–Crippen LogP) is 2.72. The lowest BCUT2D eigenvalue weighted by Crippen LogP contribution is -2.31. The molecule has 1 saturated carbocycles. The lowest BCUT2D eigenvalue weighted by atomic mass is 9.90. The van der Waals surface area contributed by atoms with E-state index in [2.05, 4.69) is 17.6 Å². The number of nitrogens with zero attached hydrogens (tertiary/aromatic N) is 1. The van der Waals surface area contributed by atoms with Gasteiger partial charge in [-0.3, -0.25) is 5.43 Å². The molecule has 2 aliphatic rings. The molecule has 1 N–H and O–H groups in total. The van der Waals surface area contributed by atoms with E-state index in [1.807, 2.05) is 30.1 Å². The van der Waals surface area contributed by atoms with E-state index < -0.39 is 0 Å². The Morgan fingerprint density at radius 1 is 1.27 bits per heavy atom. The van der Waals surface area contributed by atoms with Crippen molar-refractivity contribution in [1.82, 2.24) is 10.4 Å². The highest BCUT2D eigenvalue weighted by Gasteiger charge is 2.52. The molecule has 22 heavy (non-hydrogen) atoms. The van der Waals surface area contributed by atoms with E-state index in [9.17, 15) is 4.79 Å². The summed E-state index contributed by atoms with van der Waals surface area (Å²) in [5, 5.41) is 2.04. The zero-order chi connectivity index (χ0) is 15.4. The van der Waals surface area contributed by atoms with E-state index in [1.54, 1.807) is 0 Å². The van der Waals surface area contributed by atoms with Gasteiger partial charge in [-0.25, -0.2) is 9.80 Å². The Morgan fingerprint density at radius 3 is 2.86 bits per heavy atom. The first-order valence-corrected chi connectivity index (χ1v) is 8.11. The molecule has 1 aromatic carbocycles. The molecule has 0 radical (unpaired) electrons. The number of hydrogen-bond donors (Lipinski definition) is 1. The van der Waals surface area contributed by atoms with Gasteiger partial charge in [-0.1, -0.05) is 30.3 Å². The first kappa shape index (κ1) is 15.3. The Balaban J connectivity index is 1.37. The maximum atomic E-state index is 11.4. The van der Waals surface area contributed by atoms with Crippen LogP contribution < -0.4 is 5.43 Å². The quantitative estimate of drug-likeness (QED) is 0.821. The van der Waals surface area contributed by atoms with Crippen LogP contribution in [0.15, 0.2) is 30.3 Å². The first-order valence-electron chi connectivity index (χ1n) is 8.11. The fraction of sp³-hybridized carbons (Fsp3) is 0.588. The van der Waals surface area contributed by atoms with Crippen LogP contribution in [0.5, 0.6) is 0 Å². The molecule has 1 heterocycles. The number of hydrazine groups is 1. The van der Waals surface area contributed by atoms with Crippen molar-refractivity contribution in [1.29, 1.82) is 0 Å². The minimum Gasteiger partial charge on any atom is -0.449 e. The highest BCUT2D eigenvalue weighted by Crippen LogP contribution is 2.41. The number of hydrogen-bond acceptors (Lipinski definition) is 4. The third-order valence-electron chi connectivity index (χ3n) is 4.48. The fourth-order valence-corrected chi connectivity index (χ4v) is 3.31. The summed E-state index contributed by atoms with van der Waals surface area (Å²) in [6, 6.07) is 11.2. The minimum atomic E-state index is -0.339. The molecule has 5 nitrogen and oxygen atoms in total. The number of nitrogens with one attached hydrogen (secondary N) is 1. The molecule has 0 bridgehead atoms. The Kier molecular flexibility index (Phi) is 4.95. The van der Waals surface area contributed by atoms with Gasteiger partial charge in [0.05, 0.1) is 13.2 Å². The van der Waals surface area contributed by atoms with Gasteiger partial charge < -0.3 is 9.47 Å². The second kappa shape index (κ2) is 7.11. The van der Waals surface area contributed by atoms with Crippen LogP contribution in [0.3, 0.4) is 0 Å². The van der Waals surface area contributed by atoms with Gasteiger partial charge in [0.2, 0.25) is 0 Å². The smallest absolute Gasteiger partial charge is 0.421 e. The summed E-state index contributed by atoms with van der Waals surface area (Å²) in [6.07, 6.45) is 3.04. The summed E-state index contributed by atoms with van der Waals surface area (Å²) >= 11 is 0. The molecule has 120 valence electrons. The van der Waals surface area contributed by atoms with Crippen LogP contribution in [-0.4, -0.2) is 36.4 Å². The average Bonchev–Trinajstić information content (AvgIpc) is 3.20. The molecule has 1 aromatic rings. The van der Waals surface area contributed by atoms with E-state index in [0.717, 1.165) is 25.9 Å². The number of benzene rings is 1. The number of carbonyl (C=O) groups is 1. The third kappa shape index (κ3) is 3.78. The standard InChI is InChI=1S/C17H24N2O3/c1-2-22-17(20)18-19-15-9-8-14(10-16(15)19)12-21-11-13-6-4-3-5-7-13/h3-7,14-16H,2,8-12H2,1H3,(H,18,20)/t14-,15-,16+,19?/m0/s1. The maximum absolute atomic E-state index is 11.4. The Hall–Kier alpha value is -1.59. The summed E-state index contributed by atoms with van der Waals surface area (Å²) in [4.78, 5) is 11.4. The van der Waals surface area contributed by atoms with Gasteiger partial charge in [-0.15, -0.1) is 0 Å². The molecular formula is C17H24N2O3. The monoisotopic (exact) mass is 304 g/mol.